The minimum absolute atomic E-state index is 0.106. The van der Waals surface area contributed by atoms with Crippen LogP contribution in [0.1, 0.15) is 220 Å². The van der Waals surface area contributed by atoms with Crippen LogP contribution in [0.25, 0.3) is 43.1 Å². The van der Waals surface area contributed by atoms with Gasteiger partial charge in [0, 0.05) is 69.3 Å². The maximum absolute atomic E-state index is 16.8. The van der Waals surface area contributed by atoms with Crippen molar-refractivity contribution in [2.24, 2.45) is 0 Å². The number of alkyl halides is 4. The van der Waals surface area contributed by atoms with E-state index in [1.165, 1.54) is 9.80 Å². The first-order chi connectivity index (χ1) is 55.7. The molecule has 2 heterocycles. The van der Waals surface area contributed by atoms with E-state index >= 15 is 19.2 Å². The second kappa shape index (κ2) is 34.0. The zero-order valence-corrected chi connectivity index (χ0v) is 75.6. The number of nitrogens with zero attached hydrogens (tertiary/aromatic N) is 2. The van der Waals surface area contributed by atoms with E-state index in [1.807, 2.05) is 189 Å². The van der Waals surface area contributed by atoms with Crippen molar-refractivity contribution in [3.05, 3.63) is 224 Å². The lowest BCUT2D eigenvalue weighted by Gasteiger charge is -2.35. The zero-order valence-electron chi connectivity index (χ0n) is 69.3. The second-order valence-electron chi connectivity index (χ2n) is 33.7. The number of carbonyl (C=O) groups is 8. The molecule has 612 valence electrons. The Bertz CT molecular complexity index is 5120. The van der Waals surface area contributed by atoms with Gasteiger partial charge in [0.15, 0.2) is 0 Å². The first-order valence-electron chi connectivity index (χ1n) is 40.0. The number of carbonyl (C=O) groups excluding carboxylic acids is 8. The Morgan fingerprint density at radius 1 is 0.305 bits per heavy atom. The number of rotatable bonds is 30. The molecule has 0 fully saturated rings. The molecule has 0 saturated heterocycles. The Hall–Kier alpha value is -10.0. The van der Waals surface area contributed by atoms with Gasteiger partial charge in [-0.2, -0.15) is 0 Å². The topological polar surface area (TPSA) is 228 Å². The Balaban J connectivity index is 1.16. The number of imide groups is 2. The summed E-state index contributed by atoms with van der Waals surface area (Å²) in [5.74, 6) is -2.05. The number of para-hydroxylation sites is 2. The SMILES string of the molecule is CC(C)c1cccc(C(C)C)c1N1C(=O)c2cc(Oc3ccc(CCNC(=O)C(C)(C)Br)cc3)c3c4c(Oc5ccc(CCNC(=O)C(C)(C)Br)cc5)cc5c6c(cc(Oc7ccc(CCNC(=O)C(C)(C)Br)cc7)c(c7c(Oc8ccc(CCNC(=O)C(C)(C)Br)cc8)cc(c2c37)C1=O)c64)C(=O)N(c1c(C(C)C)cccc1C(C)C)C5=O. The van der Waals surface area contributed by atoms with Gasteiger partial charge in [-0.1, -0.05) is 204 Å². The Morgan fingerprint density at radius 2 is 0.500 bits per heavy atom. The summed E-state index contributed by atoms with van der Waals surface area (Å²) in [6, 6.07) is 48.1. The largest absolute Gasteiger partial charge is 0.457 e. The summed E-state index contributed by atoms with van der Waals surface area (Å²) in [5, 5.41) is 14.4. The molecule has 0 atom stereocenters. The lowest BCUT2D eigenvalue weighted by atomic mass is 9.80. The zero-order chi connectivity index (χ0) is 85.1. The number of ether oxygens (including phenoxy) is 4. The van der Waals surface area contributed by atoms with E-state index in [0.717, 1.165) is 44.5 Å². The third-order valence-electron chi connectivity index (χ3n) is 21.6. The van der Waals surface area contributed by atoms with Gasteiger partial charge in [0.25, 0.3) is 23.6 Å². The average Bonchev–Trinajstić information content (AvgIpc) is 0.669. The summed E-state index contributed by atoms with van der Waals surface area (Å²) >= 11 is 13.9. The quantitative estimate of drug-likeness (QED) is 0.0143. The summed E-state index contributed by atoms with van der Waals surface area (Å²) < 4.78 is 26.7. The van der Waals surface area contributed by atoms with Crippen molar-refractivity contribution < 1.29 is 57.3 Å². The Kier molecular flexibility index (Phi) is 24.8. The number of hydrogen-bond acceptors (Lipinski definition) is 12. The summed E-state index contributed by atoms with van der Waals surface area (Å²) in [4.78, 5) is 122. The van der Waals surface area contributed by atoms with Crippen molar-refractivity contribution in [1.82, 2.24) is 21.3 Å². The van der Waals surface area contributed by atoms with Gasteiger partial charge in [0.2, 0.25) is 23.6 Å². The number of amides is 8. The molecule has 2 aliphatic rings. The Morgan fingerprint density at radius 3 is 0.678 bits per heavy atom. The highest BCUT2D eigenvalue weighted by atomic mass is 79.9. The fraction of sp³-hybridized carbons (Fsp3) is 0.333. The molecule has 11 aromatic carbocycles. The van der Waals surface area contributed by atoms with Crippen molar-refractivity contribution in [3.8, 4) is 46.0 Å². The molecular formula is C96H98Br4N6O12. The van der Waals surface area contributed by atoms with E-state index < -0.39 is 40.9 Å². The summed E-state index contributed by atoms with van der Waals surface area (Å²) in [7, 11) is 0. The van der Waals surface area contributed by atoms with Gasteiger partial charge in [-0.15, -0.1) is 0 Å². The van der Waals surface area contributed by atoms with E-state index in [4.69, 9.17) is 18.9 Å². The van der Waals surface area contributed by atoms with Gasteiger partial charge < -0.3 is 40.2 Å². The van der Waals surface area contributed by atoms with Crippen LogP contribution in [0.5, 0.6) is 46.0 Å². The van der Waals surface area contributed by atoms with Crippen LogP contribution in [-0.4, -0.2) is 90.7 Å². The van der Waals surface area contributed by atoms with Crippen LogP contribution in [0.4, 0.5) is 11.4 Å². The highest BCUT2D eigenvalue weighted by molar-refractivity contribution is 9.10. The van der Waals surface area contributed by atoms with Gasteiger partial charge in [-0.25, -0.2) is 9.80 Å². The molecule has 2 aliphatic heterocycles. The Labute approximate surface area is 722 Å². The number of anilines is 2. The van der Waals surface area contributed by atoms with Gasteiger partial charge in [-0.3, -0.25) is 38.4 Å². The first kappa shape index (κ1) is 85.9. The third kappa shape index (κ3) is 17.6. The van der Waals surface area contributed by atoms with E-state index in [0.29, 0.717) is 119 Å². The van der Waals surface area contributed by atoms with Crippen LogP contribution in [-0.2, 0) is 44.9 Å². The first-order valence-corrected chi connectivity index (χ1v) is 43.2. The minimum atomic E-state index is -0.792. The molecule has 118 heavy (non-hydrogen) atoms. The van der Waals surface area contributed by atoms with Gasteiger partial charge in [0.1, 0.15) is 46.0 Å². The molecule has 0 radical (unpaired) electrons. The van der Waals surface area contributed by atoms with Crippen molar-refractivity contribution in [2.45, 2.75) is 177 Å². The van der Waals surface area contributed by atoms with Crippen LogP contribution in [0, 0.1) is 0 Å². The summed E-state index contributed by atoms with van der Waals surface area (Å²) in [6.45, 7) is 31.8. The normalized spacial score (nSPS) is 13.3. The van der Waals surface area contributed by atoms with Crippen LogP contribution in [0.3, 0.4) is 0 Å². The van der Waals surface area contributed by atoms with Crippen molar-refractivity contribution in [2.75, 3.05) is 36.0 Å². The number of benzene rings is 11. The molecule has 11 aromatic rings. The highest BCUT2D eigenvalue weighted by Crippen LogP contribution is 2.59. The molecule has 0 aromatic heterocycles. The summed E-state index contributed by atoms with van der Waals surface area (Å²) in [6.07, 6.45) is 1.89. The molecule has 13 rings (SSSR count). The highest BCUT2D eigenvalue weighted by Gasteiger charge is 2.45. The van der Waals surface area contributed by atoms with Crippen molar-refractivity contribution in [3.63, 3.8) is 0 Å². The van der Waals surface area contributed by atoms with Crippen molar-refractivity contribution in [1.29, 1.82) is 0 Å². The minimum Gasteiger partial charge on any atom is -0.457 e. The average molecular weight is 1850 g/mol. The third-order valence-corrected chi connectivity index (χ3v) is 23.0. The van der Waals surface area contributed by atoms with Crippen LogP contribution in [0.15, 0.2) is 158 Å². The van der Waals surface area contributed by atoms with Crippen LogP contribution >= 0.6 is 63.7 Å². The number of hydrogen-bond donors (Lipinski definition) is 4. The molecule has 18 nitrogen and oxygen atoms in total. The predicted molar refractivity (Wildman–Crippen MR) is 484 cm³/mol. The molecular weight excluding hydrogens is 1750 g/mol. The summed E-state index contributed by atoms with van der Waals surface area (Å²) in [5.41, 5.74) is 7.93. The predicted octanol–water partition coefficient (Wildman–Crippen LogP) is 22.3. The fourth-order valence-corrected chi connectivity index (χ4v) is 15.9. The molecule has 0 unspecified atom stereocenters. The van der Waals surface area contributed by atoms with Crippen LogP contribution in [0.2, 0.25) is 0 Å². The van der Waals surface area contributed by atoms with E-state index in [-0.39, 0.29) is 103 Å². The number of nitrogens with one attached hydrogen (secondary N) is 4. The standard InChI is InChI=1S/C96H98Br4N6O12/c1-51(2)63-19-17-20-64(52(3)4)83(63)105-85(107)67-47-71(115-59-31-23-55(24-32-59)39-43-101-89(111)93(9,10)97)77-79-73(117-61-35-27-57(28-36-61)41-45-103-91(113)95(13,14)99)49-69-76-70(88(110)106(87(69)109)84-65(53(5)6)21-18-22-66(84)54(7)8)50-74(118-62-37-29-58(30-38-62)42-46-104-92(114)96(15,16)100)80(82(76)79)78-72(48-68(86(105)108)75(67)81(77)78)116-60-33-25-56(26-34-60)40-44-102-90(112)94(11,12)98/h17-38,47-54H,39-46H2,1-16H3,(H,101,111)(H,102,112)(H,103,113)(H,104,114). The maximum atomic E-state index is 16.8. The van der Waals surface area contributed by atoms with E-state index in [2.05, 4.69) is 85.0 Å². The monoisotopic (exact) mass is 1840 g/mol. The van der Waals surface area contributed by atoms with Crippen molar-refractivity contribution >= 4 is 165 Å². The van der Waals surface area contributed by atoms with E-state index in [9.17, 15) is 19.2 Å². The molecule has 4 N–H and O–H groups in total. The molecule has 22 heteroatoms. The second-order valence-corrected chi connectivity index (χ2v) is 41.6. The number of fused-ring (bicyclic) bond motifs is 2. The van der Waals surface area contributed by atoms with Gasteiger partial charge >= 0.3 is 0 Å². The maximum Gasteiger partial charge on any atom is 0.266 e. The lowest BCUT2D eigenvalue weighted by Crippen LogP contribution is -2.42. The van der Waals surface area contributed by atoms with Gasteiger partial charge in [-0.05, 0) is 222 Å². The molecule has 0 spiro atoms. The smallest absolute Gasteiger partial charge is 0.266 e. The molecule has 0 saturated carbocycles. The van der Waals surface area contributed by atoms with E-state index in [1.54, 1.807) is 79.7 Å². The molecule has 0 bridgehead atoms. The molecule has 8 amide bonds. The number of halogens is 4. The lowest BCUT2D eigenvalue weighted by molar-refractivity contribution is -0.123. The molecule has 0 aliphatic carbocycles. The fourth-order valence-electron chi connectivity index (χ4n) is 15.3. The van der Waals surface area contributed by atoms with Crippen LogP contribution < -0.4 is 50.0 Å². The van der Waals surface area contributed by atoms with Gasteiger partial charge in [0.05, 0.1) is 50.9 Å².